The van der Waals surface area contributed by atoms with Crippen molar-refractivity contribution in [3.05, 3.63) is 50.9 Å². The van der Waals surface area contributed by atoms with E-state index in [9.17, 15) is 0 Å². The van der Waals surface area contributed by atoms with Crippen molar-refractivity contribution in [1.29, 1.82) is 0 Å². The van der Waals surface area contributed by atoms with Gasteiger partial charge in [0.15, 0.2) is 0 Å². The summed E-state index contributed by atoms with van der Waals surface area (Å²) in [5.41, 5.74) is 2.28. The number of halogens is 1. The van der Waals surface area contributed by atoms with Crippen molar-refractivity contribution in [3.63, 3.8) is 0 Å². The molecule has 2 aromatic rings. The minimum atomic E-state index is 0.705. The fourth-order valence-electron chi connectivity index (χ4n) is 1.28. The van der Waals surface area contributed by atoms with Crippen molar-refractivity contribution in [2.75, 3.05) is 0 Å². The van der Waals surface area contributed by atoms with Crippen LogP contribution in [0.4, 0.5) is 0 Å². The highest BCUT2D eigenvalue weighted by Gasteiger charge is 2.01. The summed E-state index contributed by atoms with van der Waals surface area (Å²) in [6.45, 7) is 0. The zero-order chi connectivity index (χ0) is 10.7. The summed E-state index contributed by atoms with van der Waals surface area (Å²) in [7, 11) is 0. The molecule has 1 aromatic carbocycles. The Labute approximate surface area is 104 Å². The molecule has 0 bridgehead atoms. The average molecular weight is 256 g/mol. The van der Waals surface area contributed by atoms with Crippen LogP contribution in [-0.2, 0) is 12.2 Å². The Morgan fingerprint density at radius 3 is 2.60 bits per heavy atom. The smallest absolute Gasteiger partial charge is 0.0972 e. The summed E-state index contributed by atoms with van der Waals surface area (Å²) < 4.78 is 0. The van der Waals surface area contributed by atoms with Crippen molar-refractivity contribution < 1.29 is 0 Å². The molecule has 0 aliphatic heterocycles. The van der Waals surface area contributed by atoms with Gasteiger partial charge in [-0.25, -0.2) is 4.98 Å². The zero-order valence-corrected chi connectivity index (χ0v) is 10.4. The van der Waals surface area contributed by atoms with Crippen molar-refractivity contribution in [1.82, 2.24) is 4.98 Å². The minimum Gasteiger partial charge on any atom is -0.245 e. The summed E-state index contributed by atoms with van der Waals surface area (Å²) in [6.07, 6.45) is 0.871. The molecule has 0 atom stereocenters. The second kappa shape index (κ2) is 5.01. The van der Waals surface area contributed by atoms with E-state index >= 15 is 0 Å². The second-order valence-electron chi connectivity index (χ2n) is 3.19. The Hall–Kier alpha value is -0.510. The van der Waals surface area contributed by atoms with E-state index in [0.29, 0.717) is 5.75 Å². The number of hydrogen-bond acceptors (Lipinski definition) is 3. The maximum Gasteiger partial charge on any atom is 0.0972 e. The van der Waals surface area contributed by atoms with Crippen LogP contribution >= 0.6 is 35.6 Å². The summed E-state index contributed by atoms with van der Waals surface area (Å²) in [6, 6.07) is 7.88. The lowest BCUT2D eigenvalue weighted by Gasteiger charge is -1.97. The lowest BCUT2D eigenvalue weighted by Crippen LogP contribution is -1.87. The van der Waals surface area contributed by atoms with Crippen LogP contribution in [0.25, 0.3) is 0 Å². The van der Waals surface area contributed by atoms with Gasteiger partial charge in [0.2, 0.25) is 0 Å². The molecule has 0 spiro atoms. The normalized spacial score (nSPS) is 10.5. The van der Waals surface area contributed by atoms with Gasteiger partial charge in [0.1, 0.15) is 0 Å². The highest BCUT2D eigenvalue weighted by atomic mass is 35.5. The first-order chi connectivity index (χ1) is 7.28. The standard InChI is InChI=1S/C11H10ClNS2/c12-9-3-1-8(2-4-9)5-11-13-10(6-14)7-15-11/h1-4,7,14H,5-6H2. The van der Waals surface area contributed by atoms with Crippen LogP contribution in [0.5, 0.6) is 0 Å². The van der Waals surface area contributed by atoms with Gasteiger partial charge < -0.3 is 0 Å². The highest BCUT2D eigenvalue weighted by molar-refractivity contribution is 7.79. The van der Waals surface area contributed by atoms with Gasteiger partial charge in [-0.2, -0.15) is 12.6 Å². The molecule has 0 radical (unpaired) electrons. The second-order valence-corrected chi connectivity index (χ2v) is 4.89. The largest absolute Gasteiger partial charge is 0.245 e. The lowest BCUT2D eigenvalue weighted by atomic mass is 10.2. The first-order valence-electron chi connectivity index (χ1n) is 4.56. The molecule has 0 aliphatic carbocycles. The molecular weight excluding hydrogens is 246 g/mol. The number of thiazole rings is 1. The van der Waals surface area contributed by atoms with Gasteiger partial charge in [0.05, 0.1) is 10.7 Å². The zero-order valence-electron chi connectivity index (χ0n) is 7.98. The third-order valence-electron chi connectivity index (χ3n) is 2.03. The van der Waals surface area contributed by atoms with E-state index in [-0.39, 0.29) is 0 Å². The Kier molecular flexibility index (Phi) is 3.67. The van der Waals surface area contributed by atoms with E-state index in [0.717, 1.165) is 22.1 Å². The first kappa shape index (κ1) is 11.0. The van der Waals surface area contributed by atoms with Gasteiger partial charge in [-0.15, -0.1) is 11.3 Å². The van der Waals surface area contributed by atoms with Crippen LogP contribution in [0.15, 0.2) is 29.6 Å². The van der Waals surface area contributed by atoms with E-state index in [1.165, 1.54) is 5.56 Å². The molecule has 2 rings (SSSR count). The van der Waals surface area contributed by atoms with Crippen molar-refractivity contribution >= 4 is 35.6 Å². The predicted octanol–water partition coefficient (Wildman–Crippen LogP) is 3.82. The van der Waals surface area contributed by atoms with Crippen LogP contribution in [0.1, 0.15) is 16.3 Å². The van der Waals surface area contributed by atoms with E-state index in [2.05, 4.69) is 23.0 Å². The van der Waals surface area contributed by atoms with Crippen LogP contribution in [-0.4, -0.2) is 4.98 Å². The van der Waals surface area contributed by atoms with Gasteiger partial charge in [0, 0.05) is 22.6 Å². The SMILES string of the molecule is SCc1csc(Cc2ccc(Cl)cc2)n1. The molecule has 78 valence electrons. The van der Waals surface area contributed by atoms with Crippen molar-refractivity contribution in [3.8, 4) is 0 Å². The topological polar surface area (TPSA) is 12.9 Å². The number of nitrogens with zero attached hydrogens (tertiary/aromatic N) is 1. The summed E-state index contributed by atoms with van der Waals surface area (Å²) in [5, 5.41) is 3.95. The molecule has 1 nitrogen and oxygen atoms in total. The van der Waals surface area contributed by atoms with E-state index in [4.69, 9.17) is 11.6 Å². The molecule has 4 heteroatoms. The fraction of sp³-hybridized carbons (Fsp3) is 0.182. The molecular formula is C11H10ClNS2. The number of rotatable bonds is 3. The van der Waals surface area contributed by atoms with Crippen molar-refractivity contribution in [2.45, 2.75) is 12.2 Å². The molecule has 0 aliphatic rings. The summed E-state index contributed by atoms with van der Waals surface area (Å²) in [5.74, 6) is 0.705. The Morgan fingerprint density at radius 2 is 2.00 bits per heavy atom. The number of hydrogen-bond donors (Lipinski definition) is 1. The van der Waals surface area contributed by atoms with Gasteiger partial charge in [-0.05, 0) is 17.7 Å². The van der Waals surface area contributed by atoms with E-state index in [1.54, 1.807) is 11.3 Å². The summed E-state index contributed by atoms with van der Waals surface area (Å²) >= 11 is 11.7. The molecule has 0 saturated heterocycles. The molecule has 1 heterocycles. The third-order valence-corrected chi connectivity index (χ3v) is 3.50. The minimum absolute atomic E-state index is 0.705. The molecule has 0 unspecified atom stereocenters. The van der Waals surface area contributed by atoms with Gasteiger partial charge in [0.25, 0.3) is 0 Å². The van der Waals surface area contributed by atoms with Crippen LogP contribution in [0.2, 0.25) is 5.02 Å². The van der Waals surface area contributed by atoms with Crippen molar-refractivity contribution in [2.24, 2.45) is 0 Å². The molecule has 0 fully saturated rings. The van der Waals surface area contributed by atoms with Crippen LogP contribution in [0, 0.1) is 0 Å². The molecule has 1 aromatic heterocycles. The Bertz CT molecular complexity index is 436. The van der Waals surface area contributed by atoms with Gasteiger partial charge in [-0.1, -0.05) is 23.7 Å². The van der Waals surface area contributed by atoms with Crippen LogP contribution in [0.3, 0.4) is 0 Å². The number of aromatic nitrogens is 1. The number of thiol groups is 1. The first-order valence-corrected chi connectivity index (χ1v) is 6.45. The Morgan fingerprint density at radius 1 is 1.27 bits per heavy atom. The predicted molar refractivity (Wildman–Crippen MR) is 69.1 cm³/mol. The van der Waals surface area contributed by atoms with E-state index in [1.807, 2.05) is 24.3 Å². The molecule has 15 heavy (non-hydrogen) atoms. The maximum atomic E-state index is 5.82. The quantitative estimate of drug-likeness (QED) is 0.823. The highest BCUT2D eigenvalue weighted by Crippen LogP contribution is 2.17. The number of benzene rings is 1. The molecule has 0 N–H and O–H groups in total. The third kappa shape index (κ3) is 2.97. The lowest BCUT2D eigenvalue weighted by molar-refractivity contribution is 1.10. The fourth-order valence-corrected chi connectivity index (χ4v) is 2.52. The van der Waals surface area contributed by atoms with Gasteiger partial charge in [-0.3, -0.25) is 0 Å². The summed E-state index contributed by atoms with van der Waals surface area (Å²) in [4.78, 5) is 4.46. The monoisotopic (exact) mass is 255 g/mol. The van der Waals surface area contributed by atoms with Crippen LogP contribution < -0.4 is 0 Å². The average Bonchev–Trinajstić information content (AvgIpc) is 2.69. The van der Waals surface area contributed by atoms with E-state index < -0.39 is 0 Å². The Balaban J connectivity index is 2.11. The molecule has 0 amide bonds. The maximum absolute atomic E-state index is 5.82. The molecule has 0 saturated carbocycles. The van der Waals surface area contributed by atoms with Gasteiger partial charge >= 0.3 is 0 Å².